The molecule has 0 heterocycles. The van der Waals surface area contributed by atoms with Crippen LogP contribution in [0.2, 0.25) is 0 Å². The van der Waals surface area contributed by atoms with Crippen molar-refractivity contribution >= 4 is 10.1 Å². The van der Waals surface area contributed by atoms with Gasteiger partial charge in [0.1, 0.15) is 0 Å². The normalized spacial score (nSPS) is 14.4. The van der Waals surface area contributed by atoms with E-state index >= 15 is 0 Å². The molecule has 128 valence electrons. The molecule has 0 radical (unpaired) electrons. The van der Waals surface area contributed by atoms with Gasteiger partial charge >= 0.3 is 29.6 Å². The van der Waals surface area contributed by atoms with Crippen LogP contribution in [0.5, 0.6) is 0 Å². The second-order valence-electron chi connectivity index (χ2n) is 6.02. The average Bonchev–Trinajstić information content (AvgIpc) is 2.43. The van der Waals surface area contributed by atoms with E-state index in [0.717, 1.165) is 64.2 Å². The third-order valence-corrected chi connectivity index (χ3v) is 5.36. The van der Waals surface area contributed by atoms with Gasteiger partial charge < -0.3 is 9.66 Å². The SMILES string of the molecule is CCCCCCC(CCCCCCC(O)CC)S(=O)(=O)[O-].[Na+]. The fourth-order valence-electron chi connectivity index (χ4n) is 2.54. The summed E-state index contributed by atoms with van der Waals surface area (Å²) in [5, 5.41) is 8.73. The fraction of sp³-hybridized carbons (Fsp3) is 1.00. The van der Waals surface area contributed by atoms with Crippen molar-refractivity contribution in [2.75, 3.05) is 0 Å². The van der Waals surface area contributed by atoms with Crippen LogP contribution in [-0.4, -0.2) is 29.4 Å². The standard InChI is InChI=1S/C16H34O4S.Na/c1-3-5-6-10-13-16(21(18,19)20)14-11-8-7-9-12-15(17)4-2;/h15-17H,3-14H2,1-2H3,(H,18,19,20);/q;+1/p-1. The van der Waals surface area contributed by atoms with E-state index in [2.05, 4.69) is 6.92 Å². The quantitative estimate of drug-likeness (QED) is 0.290. The van der Waals surface area contributed by atoms with Crippen molar-refractivity contribution in [3.05, 3.63) is 0 Å². The molecule has 22 heavy (non-hydrogen) atoms. The maximum atomic E-state index is 11.3. The third kappa shape index (κ3) is 14.5. The Hall–Kier alpha value is 0.870. The summed E-state index contributed by atoms with van der Waals surface area (Å²) in [5.74, 6) is 0. The van der Waals surface area contributed by atoms with Crippen molar-refractivity contribution < 1.29 is 47.6 Å². The van der Waals surface area contributed by atoms with E-state index in [9.17, 15) is 18.1 Å². The van der Waals surface area contributed by atoms with Crippen molar-refractivity contribution in [1.29, 1.82) is 0 Å². The van der Waals surface area contributed by atoms with Gasteiger partial charge in [0.05, 0.1) is 16.2 Å². The molecule has 0 aromatic rings. The van der Waals surface area contributed by atoms with Crippen LogP contribution in [0, 0.1) is 0 Å². The summed E-state index contributed by atoms with van der Waals surface area (Å²) in [6.07, 6.45) is 10.2. The molecule has 0 rings (SSSR count). The Morgan fingerprint density at radius 3 is 1.73 bits per heavy atom. The van der Waals surface area contributed by atoms with E-state index < -0.39 is 15.4 Å². The van der Waals surface area contributed by atoms with E-state index in [1.807, 2.05) is 6.92 Å². The Kier molecular flexibility index (Phi) is 17.6. The van der Waals surface area contributed by atoms with Crippen LogP contribution in [0.15, 0.2) is 0 Å². The summed E-state index contributed by atoms with van der Waals surface area (Å²) in [7, 11) is -4.15. The molecular weight excluding hydrogens is 311 g/mol. The van der Waals surface area contributed by atoms with Crippen LogP contribution in [0.3, 0.4) is 0 Å². The van der Waals surface area contributed by atoms with Gasteiger partial charge in [0, 0.05) is 5.25 Å². The van der Waals surface area contributed by atoms with Gasteiger partial charge in [0.2, 0.25) is 0 Å². The zero-order chi connectivity index (χ0) is 16.1. The molecule has 0 amide bonds. The zero-order valence-electron chi connectivity index (χ0n) is 14.7. The van der Waals surface area contributed by atoms with Crippen LogP contribution < -0.4 is 29.6 Å². The van der Waals surface area contributed by atoms with Crippen LogP contribution in [-0.2, 0) is 10.1 Å². The topological polar surface area (TPSA) is 77.4 Å². The molecule has 0 saturated heterocycles. The number of aliphatic hydroxyl groups is 1. The molecule has 0 bridgehead atoms. The zero-order valence-corrected chi connectivity index (χ0v) is 17.5. The fourth-order valence-corrected chi connectivity index (χ4v) is 3.45. The van der Waals surface area contributed by atoms with Crippen molar-refractivity contribution in [2.24, 2.45) is 0 Å². The summed E-state index contributed by atoms with van der Waals surface area (Å²) in [4.78, 5) is 0. The Morgan fingerprint density at radius 2 is 1.32 bits per heavy atom. The number of aliphatic hydroxyl groups excluding tert-OH is 1. The van der Waals surface area contributed by atoms with Crippen molar-refractivity contribution in [3.8, 4) is 0 Å². The Morgan fingerprint density at radius 1 is 0.864 bits per heavy atom. The second kappa shape index (κ2) is 15.4. The molecule has 0 saturated carbocycles. The Balaban J connectivity index is 0. The van der Waals surface area contributed by atoms with E-state index in [0.29, 0.717) is 12.8 Å². The van der Waals surface area contributed by atoms with Crippen LogP contribution in [0.25, 0.3) is 0 Å². The predicted molar refractivity (Wildman–Crippen MR) is 86.2 cm³/mol. The Bertz CT molecular complexity index is 333. The van der Waals surface area contributed by atoms with Gasteiger partial charge in [-0.25, -0.2) is 8.42 Å². The molecule has 0 aromatic heterocycles. The monoisotopic (exact) mass is 344 g/mol. The minimum absolute atomic E-state index is 0. The van der Waals surface area contributed by atoms with Crippen LogP contribution in [0.4, 0.5) is 0 Å². The van der Waals surface area contributed by atoms with E-state index in [4.69, 9.17) is 0 Å². The smallest absolute Gasteiger partial charge is 0.748 e. The molecule has 0 aliphatic carbocycles. The summed E-state index contributed by atoms with van der Waals surface area (Å²) in [6, 6.07) is 0. The summed E-state index contributed by atoms with van der Waals surface area (Å²) >= 11 is 0. The van der Waals surface area contributed by atoms with Gasteiger partial charge in [-0.2, -0.15) is 0 Å². The minimum Gasteiger partial charge on any atom is -0.748 e. The maximum Gasteiger partial charge on any atom is 1.00 e. The first-order valence-corrected chi connectivity index (χ1v) is 10.0. The van der Waals surface area contributed by atoms with Crippen molar-refractivity contribution in [1.82, 2.24) is 0 Å². The third-order valence-electron chi connectivity index (χ3n) is 4.07. The van der Waals surface area contributed by atoms with Gasteiger partial charge in [-0.1, -0.05) is 65.2 Å². The molecule has 6 heteroatoms. The van der Waals surface area contributed by atoms with Crippen LogP contribution >= 0.6 is 0 Å². The Labute approximate surface area is 159 Å². The number of hydrogen-bond acceptors (Lipinski definition) is 4. The molecule has 0 aromatic carbocycles. The molecule has 0 aliphatic heterocycles. The van der Waals surface area contributed by atoms with E-state index in [1.54, 1.807) is 0 Å². The van der Waals surface area contributed by atoms with E-state index in [1.165, 1.54) is 0 Å². The molecule has 2 atom stereocenters. The first-order valence-electron chi connectivity index (χ1n) is 8.54. The largest absolute Gasteiger partial charge is 1.00 e. The minimum atomic E-state index is -4.15. The van der Waals surface area contributed by atoms with Gasteiger partial charge in [-0.3, -0.25) is 0 Å². The molecular formula is C16H33NaO4S. The summed E-state index contributed by atoms with van der Waals surface area (Å²) in [6.45, 7) is 4.07. The maximum absolute atomic E-state index is 11.3. The van der Waals surface area contributed by atoms with Gasteiger partial charge in [0.15, 0.2) is 0 Å². The van der Waals surface area contributed by atoms with Crippen molar-refractivity contribution in [3.63, 3.8) is 0 Å². The molecule has 1 N–H and O–H groups in total. The number of rotatable bonds is 14. The van der Waals surface area contributed by atoms with Gasteiger partial charge in [-0.15, -0.1) is 0 Å². The van der Waals surface area contributed by atoms with Crippen molar-refractivity contribution in [2.45, 2.75) is 102 Å². The first-order chi connectivity index (χ1) is 9.91. The second-order valence-corrected chi connectivity index (χ2v) is 7.67. The molecule has 2 unspecified atom stereocenters. The number of hydrogen-bond donors (Lipinski definition) is 1. The summed E-state index contributed by atoms with van der Waals surface area (Å²) in [5.41, 5.74) is 0. The predicted octanol–water partition coefficient (Wildman–Crippen LogP) is 0.986. The molecule has 0 aliphatic rings. The molecule has 4 nitrogen and oxygen atoms in total. The average molecular weight is 344 g/mol. The van der Waals surface area contributed by atoms with E-state index in [-0.39, 0.29) is 35.7 Å². The first kappa shape index (κ1) is 25.1. The molecule has 0 fully saturated rings. The van der Waals surface area contributed by atoms with Crippen LogP contribution in [0.1, 0.15) is 90.9 Å². The number of unbranched alkanes of at least 4 members (excludes halogenated alkanes) is 6. The molecule has 0 spiro atoms. The van der Waals surface area contributed by atoms with Gasteiger partial charge in [0.25, 0.3) is 0 Å². The summed E-state index contributed by atoms with van der Waals surface area (Å²) < 4.78 is 33.8. The van der Waals surface area contributed by atoms with Gasteiger partial charge in [-0.05, 0) is 25.7 Å².